The van der Waals surface area contributed by atoms with E-state index in [4.69, 9.17) is 14.2 Å². The molecule has 0 heterocycles. The fraction of sp³-hybridized carbons (Fsp3) is 0.672. The van der Waals surface area contributed by atoms with Gasteiger partial charge in [-0.05, 0) is 122 Å². The molecule has 64 heavy (non-hydrogen) atoms. The molecular formula is C58H96O6. The number of hydrogen-bond donors (Lipinski definition) is 0. The van der Waals surface area contributed by atoms with E-state index in [9.17, 15) is 14.4 Å². The Hall–Kier alpha value is -3.67. The van der Waals surface area contributed by atoms with Crippen LogP contribution in [0, 0.1) is 0 Å². The van der Waals surface area contributed by atoms with Crippen LogP contribution in [-0.2, 0) is 28.6 Å². The van der Waals surface area contributed by atoms with E-state index in [1.54, 1.807) is 0 Å². The van der Waals surface area contributed by atoms with Crippen molar-refractivity contribution in [1.29, 1.82) is 0 Å². The molecule has 364 valence electrons. The number of rotatable bonds is 46. The molecular weight excluding hydrogens is 793 g/mol. The summed E-state index contributed by atoms with van der Waals surface area (Å²) in [5, 5.41) is 0. The van der Waals surface area contributed by atoms with Crippen molar-refractivity contribution in [3.63, 3.8) is 0 Å². The summed E-state index contributed by atoms with van der Waals surface area (Å²) < 4.78 is 16.8. The molecule has 1 atom stereocenters. The molecule has 0 bridgehead atoms. The molecule has 0 aromatic heterocycles. The van der Waals surface area contributed by atoms with Crippen LogP contribution in [0.1, 0.15) is 233 Å². The molecule has 0 spiro atoms. The van der Waals surface area contributed by atoms with Gasteiger partial charge in [-0.3, -0.25) is 14.4 Å². The number of allylic oxidation sites excluding steroid dienone is 16. The van der Waals surface area contributed by atoms with E-state index in [1.165, 1.54) is 57.8 Å². The number of unbranched alkanes of at least 4 members (excludes halogenated alkanes) is 19. The Labute approximate surface area is 394 Å². The lowest BCUT2D eigenvalue weighted by Gasteiger charge is -2.18. The Kier molecular flexibility index (Phi) is 49.0. The molecule has 0 N–H and O–H groups in total. The summed E-state index contributed by atoms with van der Waals surface area (Å²) in [5.74, 6) is -0.978. The van der Waals surface area contributed by atoms with E-state index in [0.29, 0.717) is 19.3 Å². The predicted octanol–water partition coefficient (Wildman–Crippen LogP) is 17.4. The Morgan fingerprint density at radius 1 is 0.328 bits per heavy atom. The summed E-state index contributed by atoms with van der Waals surface area (Å²) in [7, 11) is 0. The summed E-state index contributed by atoms with van der Waals surface area (Å²) in [6.45, 7) is 6.41. The average Bonchev–Trinajstić information content (AvgIpc) is 3.29. The normalized spacial score (nSPS) is 12.9. The molecule has 0 fully saturated rings. The van der Waals surface area contributed by atoms with Crippen molar-refractivity contribution in [2.24, 2.45) is 0 Å². The smallest absolute Gasteiger partial charge is 0.306 e. The quantitative estimate of drug-likeness (QED) is 0.0262. The van der Waals surface area contributed by atoms with Gasteiger partial charge in [-0.25, -0.2) is 0 Å². The highest BCUT2D eigenvalue weighted by atomic mass is 16.6. The lowest BCUT2D eigenvalue weighted by molar-refractivity contribution is -0.167. The molecule has 6 heteroatoms. The topological polar surface area (TPSA) is 78.9 Å². The number of carbonyl (C=O) groups is 3. The van der Waals surface area contributed by atoms with Gasteiger partial charge in [0.1, 0.15) is 13.2 Å². The second-order valence-corrected chi connectivity index (χ2v) is 17.0. The van der Waals surface area contributed by atoms with Crippen LogP contribution in [0.4, 0.5) is 0 Å². The van der Waals surface area contributed by atoms with Gasteiger partial charge in [0.25, 0.3) is 0 Å². The minimum atomic E-state index is -0.811. The lowest BCUT2D eigenvalue weighted by atomic mass is 10.1. The van der Waals surface area contributed by atoms with Crippen LogP contribution in [0.15, 0.2) is 97.2 Å². The highest BCUT2D eigenvalue weighted by Gasteiger charge is 2.19. The molecule has 0 aliphatic heterocycles. The first kappa shape index (κ1) is 60.3. The van der Waals surface area contributed by atoms with Crippen molar-refractivity contribution in [1.82, 2.24) is 0 Å². The van der Waals surface area contributed by atoms with Gasteiger partial charge in [0.2, 0.25) is 0 Å². The maximum absolute atomic E-state index is 12.8. The van der Waals surface area contributed by atoms with Crippen LogP contribution in [0.25, 0.3) is 0 Å². The molecule has 0 radical (unpaired) electrons. The van der Waals surface area contributed by atoms with Crippen LogP contribution in [0.3, 0.4) is 0 Å². The Bertz CT molecular complexity index is 1300. The van der Waals surface area contributed by atoms with E-state index in [1.807, 2.05) is 0 Å². The van der Waals surface area contributed by atoms with Crippen molar-refractivity contribution < 1.29 is 28.6 Å². The van der Waals surface area contributed by atoms with Gasteiger partial charge in [-0.1, -0.05) is 189 Å². The maximum Gasteiger partial charge on any atom is 0.306 e. The van der Waals surface area contributed by atoms with Crippen molar-refractivity contribution in [3.05, 3.63) is 97.2 Å². The Morgan fingerprint density at radius 3 is 1.02 bits per heavy atom. The van der Waals surface area contributed by atoms with Crippen molar-refractivity contribution in [3.8, 4) is 0 Å². The molecule has 0 aromatic carbocycles. The number of esters is 3. The standard InChI is InChI=1S/C58H96O6/c1-4-7-10-13-16-19-22-25-28-31-33-36-39-42-45-48-51-57(60)63-54-55(64-58(61)52-49-46-43-40-37-34-30-27-24-21-18-15-12-9-6-3)53-62-56(59)50-47-44-41-38-35-32-29-26-23-20-17-14-11-8-5-2/h9,12,17-22,26-31,37,40,55H,4-8,10-11,13-16,23-25,32-36,38-39,41-54H2,1-3H3/b12-9-,20-17-,21-18-,22-19-,29-26-,30-27-,31-28-,40-37-. The average molecular weight is 889 g/mol. The minimum Gasteiger partial charge on any atom is -0.462 e. The SMILES string of the molecule is CC/C=C\C/C=C\C/C=C\C/C=C\CCCCC(=O)OC(COC(=O)CCCCCCC/C=C\C/C=C\CCCCC)COC(=O)CCCCCCC/C=C\C/C=C\CCCCCC. The van der Waals surface area contributed by atoms with E-state index in [2.05, 4.69) is 118 Å². The summed E-state index contributed by atoms with van der Waals surface area (Å²) in [6.07, 6.45) is 68.1. The van der Waals surface area contributed by atoms with Gasteiger partial charge in [0.05, 0.1) is 0 Å². The predicted molar refractivity (Wildman–Crippen MR) is 274 cm³/mol. The monoisotopic (exact) mass is 889 g/mol. The second-order valence-electron chi connectivity index (χ2n) is 17.0. The fourth-order valence-corrected chi connectivity index (χ4v) is 6.84. The van der Waals surface area contributed by atoms with Crippen LogP contribution in [0.5, 0.6) is 0 Å². The molecule has 0 amide bonds. The number of carbonyl (C=O) groups excluding carboxylic acids is 3. The van der Waals surface area contributed by atoms with E-state index < -0.39 is 6.10 Å². The van der Waals surface area contributed by atoms with Gasteiger partial charge in [0, 0.05) is 19.3 Å². The van der Waals surface area contributed by atoms with Crippen LogP contribution in [0.2, 0.25) is 0 Å². The molecule has 0 rings (SSSR count). The van der Waals surface area contributed by atoms with Gasteiger partial charge in [-0.2, -0.15) is 0 Å². The van der Waals surface area contributed by atoms with Gasteiger partial charge in [0.15, 0.2) is 6.10 Å². The highest BCUT2D eigenvalue weighted by molar-refractivity contribution is 5.71. The first-order valence-electron chi connectivity index (χ1n) is 26.2. The first-order chi connectivity index (χ1) is 31.5. The first-order valence-corrected chi connectivity index (χ1v) is 26.2. The summed E-state index contributed by atoms with van der Waals surface area (Å²) in [4.78, 5) is 38.0. The van der Waals surface area contributed by atoms with E-state index in [-0.39, 0.29) is 37.5 Å². The summed E-state index contributed by atoms with van der Waals surface area (Å²) in [5.41, 5.74) is 0. The maximum atomic E-state index is 12.8. The largest absolute Gasteiger partial charge is 0.462 e. The second kappa shape index (κ2) is 52.0. The molecule has 0 aromatic rings. The summed E-state index contributed by atoms with van der Waals surface area (Å²) >= 11 is 0. The van der Waals surface area contributed by atoms with Crippen molar-refractivity contribution in [2.45, 2.75) is 239 Å². The van der Waals surface area contributed by atoms with Crippen molar-refractivity contribution in [2.75, 3.05) is 13.2 Å². The Morgan fingerprint density at radius 2 is 0.609 bits per heavy atom. The van der Waals surface area contributed by atoms with Crippen LogP contribution in [-0.4, -0.2) is 37.2 Å². The minimum absolute atomic E-state index is 0.107. The molecule has 0 saturated carbocycles. The molecule has 6 nitrogen and oxygen atoms in total. The summed E-state index contributed by atoms with van der Waals surface area (Å²) in [6, 6.07) is 0. The van der Waals surface area contributed by atoms with Gasteiger partial charge in [-0.15, -0.1) is 0 Å². The third kappa shape index (κ3) is 49.3. The Balaban J connectivity index is 4.51. The molecule has 0 saturated heterocycles. The highest BCUT2D eigenvalue weighted by Crippen LogP contribution is 2.12. The molecule has 0 aliphatic carbocycles. The zero-order valence-electron chi connectivity index (χ0n) is 41.5. The number of ether oxygens (including phenoxy) is 3. The van der Waals surface area contributed by atoms with E-state index in [0.717, 1.165) is 128 Å². The third-order valence-electron chi connectivity index (χ3n) is 10.8. The molecule has 0 aliphatic rings. The van der Waals surface area contributed by atoms with Crippen LogP contribution < -0.4 is 0 Å². The van der Waals surface area contributed by atoms with Crippen LogP contribution >= 0.6 is 0 Å². The van der Waals surface area contributed by atoms with Gasteiger partial charge < -0.3 is 14.2 Å². The molecule has 1 unspecified atom stereocenters. The number of hydrogen-bond acceptors (Lipinski definition) is 6. The van der Waals surface area contributed by atoms with Gasteiger partial charge >= 0.3 is 17.9 Å². The lowest BCUT2D eigenvalue weighted by Crippen LogP contribution is -2.30. The van der Waals surface area contributed by atoms with E-state index >= 15 is 0 Å². The van der Waals surface area contributed by atoms with Crippen molar-refractivity contribution >= 4 is 17.9 Å². The third-order valence-corrected chi connectivity index (χ3v) is 10.8. The fourth-order valence-electron chi connectivity index (χ4n) is 6.84. The zero-order chi connectivity index (χ0) is 46.5. The zero-order valence-corrected chi connectivity index (χ0v) is 41.5.